The van der Waals surface area contributed by atoms with Crippen molar-refractivity contribution < 1.29 is 14.3 Å². The van der Waals surface area contributed by atoms with Crippen LogP contribution in [0.2, 0.25) is 5.02 Å². The third-order valence-electron chi connectivity index (χ3n) is 5.27. The van der Waals surface area contributed by atoms with Gasteiger partial charge in [-0.2, -0.15) is 0 Å². The third-order valence-corrected chi connectivity index (χ3v) is 6.42. The molecule has 34 heavy (non-hydrogen) atoms. The van der Waals surface area contributed by atoms with E-state index in [-0.39, 0.29) is 18.4 Å². The van der Waals surface area contributed by atoms with Crippen molar-refractivity contribution in [2.45, 2.75) is 0 Å². The minimum Gasteiger partial charge on any atom is -0.484 e. The topological polar surface area (TPSA) is 139 Å². The minimum atomic E-state index is -0.330. The molecule has 1 aliphatic rings. The molecular formula is C22H24ClN7O3S. The number of rotatable bonds is 7. The maximum atomic E-state index is 12.6. The second-order valence-electron chi connectivity index (χ2n) is 7.53. The smallest absolute Gasteiger partial charge is 0.275 e. The van der Waals surface area contributed by atoms with Crippen molar-refractivity contribution in [3.05, 3.63) is 58.6 Å². The van der Waals surface area contributed by atoms with Gasteiger partial charge in [0.2, 0.25) is 0 Å². The van der Waals surface area contributed by atoms with Gasteiger partial charge < -0.3 is 31.0 Å². The van der Waals surface area contributed by atoms with E-state index in [1.165, 1.54) is 11.3 Å². The van der Waals surface area contributed by atoms with Crippen LogP contribution < -0.4 is 32.0 Å². The predicted molar refractivity (Wildman–Crippen MR) is 134 cm³/mol. The van der Waals surface area contributed by atoms with Crippen LogP contribution in [-0.2, 0) is 4.79 Å². The summed E-state index contributed by atoms with van der Waals surface area (Å²) in [7, 11) is 0. The van der Waals surface area contributed by atoms with E-state index in [1.807, 2.05) is 0 Å². The van der Waals surface area contributed by atoms with Gasteiger partial charge in [-0.05, 0) is 42.5 Å². The average Bonchev–Trinajstić information content (AvgIpc) is 3.34. The van der Waals surface area contributed by atoms with Gasteiger partial charge >= 0.3 is 0 Å². The first kappa shape index (κ1) is 23.6. The molecule has 10 nitrogen and oxygen atoms in total. The third kappa shape index (κ3) is 5.68. The number of aromatic nitrogens is 1. The van der Waals surface area contributed by atoms with Crippen molar-refractivity contribution in [2.75, 3.05) is 54.2 Å². The highest BCUT2D eigenvalue weighted by Crippen LogP contribution is 2.25. The van der Waals surface area contributed by atoms with E-state index in [2.05, 4.69) is 20.6 Å². The number of hydrazine groups is 1. The van der Waals surface area contributed by atoms with Gasteiger partial charge in [0.1, 0.15) is 11.4 Å². The van der Waals surface area contributed by atoms with Crippen LogP contribution in [0.15, 0.2) is 47.8 Å². The summed E-state index contributed by atoms with van der Waals surface area (Å²) in [5, 5.41) is 5.84. The van der Waals surface area contributed by atoms with Gasteiger partial charge in [0.25, 0.3) is 11.8 Å². The normalized spacial score (nSPS) is 13.5. The minimum absolute atomic E-state index is 0.0317. The molecule has 0 saturated carbocycles. The fraction of sp³-hybridized carbons (Fsp3) is 0.227. The molecule has 2 amide bonds. The molecule has 1 aromatic heterocycles. The van der Waals surface area contributed by atoms with E-state index in [0.29, 0.717) is 59.7 Å². The standard InChI is InChI=1S/C22H24ClN7O3S/c23-14-1-4-16(5-2-14)33-12-20(31)29-7-9-30(10-8-29)22-27-19(13-34-22)21(32)26-15-3-6-18(28-25)17(24)11-15/h1-6,11,13,28H,7-10,12,24-25H2,(H,26,32). The van der Waals surface area contributed by atoms with Crippen molar-refractivity contribution in [1.82, 2.24) is 9.88 Å². The quantitative estimate of drug-likeness (QED) is 0.220. The van der Waals surface area contributed by atoms with Crippen LogP contribution in [0, 0.1) is 0 Å². The average molecular weight is 502 g/mol. The van der Waals surface area contributed by atoms with E-state index in [4.69, 9.17) is 27.9 Å². The first-order chi connectivity index (χ1) is 16.4. The van der Waals surface area contributed by atoms with Crippen LogP contribution in [0.4, 0.5) is 22.2 Å². The van der Waals surface area contributed by atoms with E-state index in [0.717, 1.165) is 5.13 Å². The Morgan fingerprint density at radius 1 is 1.12 bits per heavy atom. The molecule has 2 aromatic carbocycles. The van der Waals surface area contributed by atoms with Gasteiger partial charge in [0, 0.05) is 42.3 Å². The summed E-state index contributed by atoms with van der Waals surface area (Å²) in [5.74, 6) is 5.56. The summed E-state index contributed by atoms with van der Waals surface area (Å²) in [6.45, 7) is 2.29. The Labute approximate surface area is 205 Å². The lowest BCUT2D eigenvalue weighted by Gasteiger charge is -2.34. The maximum Gasteiger partial charge on any atom is 0.275 e. The zero-order chi connectivity index (χ0) is 24.1. The summed E-state index contributed by atoms with van der Waals surface area (Å²) in [6, 6.07) is 11.9. The Morgan fingerprint density at radius 3 is 2.53 bits per heavy atom. The number of halogens is 1. The molecule has 1 aliphatic heterocycles. The number of anilines is 4. The van der Waals surface area contributed by atoms with Crippen molar-refractivity contribution in [3.8, 4) is 5.75 Å². The van der Waals surface area contributed by atoms with Gasteiger partial charge in [0.15, 0.2) is 11.7 Å². The molecule has 0 atom stereocenters. The molecule has 0 radical (unpaired) electrons. The molecule has 0 spiro atoms. The fourth-order valence-corrected chi connectivity index (χ4v) is 4.38. The molecule has 1 saturated heterocycles. The van der Waals surface area contributed by atoms with Crippen molar-refractivity contribution >= 4 is 56.9 Å². The number of amides is 2. The Morgan fingerprint density at radius 2 is 1.85 bits per heavy atom. The number of thiazole rings is 1. The van der Waals surface area contributed by atoms with Crippen LogP contribution in [0.5, 0.6) is 5.75 Å². The molecule has 0 unspecified atom stereocenters. The Kier molecular flexibility index (Phi) is 7.36. The van der Waals surface area contributed by atoms with Crippen LogP contribution in [0.3, 0.4) is 0 Å². The number of piperazine rings is 1. The lowest BCUT2D eigenvalue weighted by Crippen LogP contribution is -2.50. The second kappa shape index (κ2) is 10.6. The molecule has 6 N–H and O–H groups in total. The maximum absolute atomic E-state index is 12.6. The largest absolute Gasteiger partial charge is 0.484 e. The van der Waals surface area contributed by atoms with E-state index in [1.54, 1.807) is 52.7 Å². The van der Waals surface area contributed by atoms with E-state index in [9.17, 15) is 9.59 Å². The second-order valence-corrected chi connectivity index (χ2v) is 8.80. The molecule has 12 heteroatoms. The zero-order valence-electron chi connectivity index (χ0n) is 18.2. The van der Waals surface area contributed by atoms with Crippen molar-refractivity contribution in [1.29, 1.82) is 0 Å². The molecule has 1 fully saturated rings. The summed E-state index contributed by atoms with van der Waals surface area (Å²) >= 11 is 7.25. The Bertz CT molecular complexity index is 1160. The predicted octanol–water partition coefficient (Wildman–Crippen LogP) is 2.64. The van der Waals surface area contributed by atoms with Crippen LogP contribution >= 0.6 is 22.9 Å². The first-order valence-corrected chi connectivity index (χ1v) is 11.7. The number of nitrogens with zero attached hydrogens (tertiary/aromatic N) is 3. The summed E-state index contributed by atoms with van der Waals surface area (Å²) in [4.78, 5) is 33.4. The highest BCUT2D eigenvalue weighted by molar-refractivity contribution is 7.14. The number of carbonyl (C=O) groups is 2. The molecular weight excluding hydrogens is 478 g/mol. The SMILES string of the molecule is NNc1ccc(NC(=O)c2csc(N3CCN(C(=O)COc4ccc(Cl)cc4)CC3)n2)cc1N. The highest BCUT2D eigenvalue weighted by Gasteiger charge is 2.24. The molecule has 0 aliphatic carbocycles. The first-order valence-electron chi connectivity index (χ1n) is 10.5. The van der Waals surface area contributed by atoms with Crippen molar-refractivity contribution in [3.63, 3.8) is 0 Å². The van der Waals surface area contributed by atoms with Gasteiger partial charge in [-0.3, -0.25) is 15.4 Å². The van der Waals surface area contributed by atoms with E-state index >= 15 is 0 Å². The molecule has 0 bridgehead atoms. The van der Waals surface area contributed by atoms with Gasteiger partial charge in [-0.1, -0.05) is 11.6 Å². The lowest BCUT2D eigenvalue weighted by molar-refractivity contribution is -0.133. The molecule has 3 aromatic rings. The molecule has 178 valence electrons. The highest BCUT2D eigenvalue weighted by atomic mass is 35.5. The number of hydrogen-bond acceptors (Lipinski definition) is 9. The van der Waals surface area contributed by atoms with Gasteiger partial charge in [0.05, 0.1) is 11.4 Å². The number of benzene rings is 2. The van der Waals surface area contributed by atoms with Gasteiger partial charge in [-0.25, -0.2) is 4.98 Å². The van der Waals surface area contributed by atoms with Gasteiger partial charge in [-0.15, -0.1) is 11.3 Å². The van der Waals surface area contributed by atoms with Crippen LogP contribution in [0.25, 0.3) is 0 Å². The number of carbonyl (C=O) groups excluding carboxylic acids is 2. The summed E-state index contributed by atoms with van der Waals surface area (Å²) < 4.78 is 5.55. The molecule has 4 rings (SSSR count). The summed E-state index contributed by atoms with van der Waals surface area (Å²) in [6.07, 6.45) is 0. The number of nitrogens with two attached hydrogens (primary N) is 2. The lowest BCUT2D eigenvalue weighted by atomic mass is 10.2. The number of nitrogens with one attached hydrogen (secondary N) is 2. The van der Waals surface area contributed by atoms with Crippen LogP contribution in [0.1, 0.15) is 10.5 Å². The number of nitrogen functional groups attached to an aromatic ring is 2. The summed E-state index contributed by atoms with van der Waals surface area (Å²) in [5.41, 5.74) is 10.2. The zero-order valence-corrected chi connectivity index (χ0v) is 19.7. The van der Waals surface area contributed by atoms with Crippen LogP contribution in [-0.4, -0.2) is 54.5 Å². The number of ether oxygens (including phenoxy) is 1. The molecule has 2 heterocycles. The van der Waals surface area contributed by atoms with Crippen molar-refractivity contribution in [2.24, 2.45) is 5.84 Å². The number of hydrogen-bond donors (Lipinski definition) is 4. The monoisotopic (exact) mass is 501 g/mol. The fourth-order valence-electron chi connectivity index (χ4n) is 3.40. The Hall–Kier alpha value is -3.54. The van der Waals surface area contributed by atoms with E-state index < -0.39 is 0 Å². The Balaban J connectivity index is 1.27.